The van der Waals surface area contributed by atoms with Crippen LogP contribution in [0.2, 0.25) is 0 Å². The summed E-state index contributed by atoms with van der Waals surface area (Å²) in [5.74, 6) is -1.03. The molecule has 79 heavy (non-hydrogen) atoms. The van der Waals surface area contributed by atoms with Gasteiger partial charge in [-0.2, -0.15) is 0 Å². The molecule has 0 aliphatic rings. The van der Waals surface area contributed by atoms with Crippen LogP contribution in [0.1, 0.15) is 355 Å². The van der Waals surface area contributed by atoms with Crippen LogP contribution < -0.4 is 0 Å². The van der Waals surface area contributed by atoms with Gasteiger partial charge in [0.25, 0.3) is 0 Å². The van der Waals surface area contributed by atoms with Gasteiger partial charge in [-0.25, -0.2) is 0 Å². The van der Waals surface area contributed by atoms with Crippen molar-refractivity contribution in [2.75, 3.05) is 13.2 Å². The van der Waals surface area contributed by atoms with E-state index in [0.29, 0.717) is 12.8 Å². The van der Waals surface area contributed by atoms with Crippen LogP contribution in [0.15, 0.2) is 72.9 Å². The first kappa shape index (κ1) is 75.8. The van der Waals surface area contributed by atoms with Gasteiger partial charge in [0, 0.05) is 12.8 Å². The Morgan fingerprint density at radius 3 is 0.873 bits per heavy atom. The van der Waals surface area contributed by atoms with Crippen LogP contribution in [-0.4, -0.2) is 37.2 Å². The number of ether oxygens (including phenoxy) is 3. The van der Waals surface area contributed by atoms with Gasteiger partial charge >= 0.3 is 17.9 Å². The predicted molar refractivity (Wildman–Crippen MR) is 344 cm³/mol. The molecule has 0 aromatic carbocycles. The number of esters is 3. The highest BCUT2D eigenvalue weighted by Gasteiger charge is 2.19. The Balaban J connectivity index is 4.26. The molecule has 1 atom stereocenters. The monoisotopic (exact) mass is 1100 g/mol. The van der Waals surface area contributed by atoms with Crippen molar-refractivity contribution in [3.63, 3.8) is 0 Å². The van der Waals surface area contributed by atoms with Crippen molar-refractivity contribution in [3.8, 4) is 0 Å². The summed E-state index contributed by atoms with van der Waals surface area (Å²) in [6.07, 6.45) is 88.3. The maximum atomic E-state index is 12.9. The summed E-state index contributed by atoms with van der Waals surface area (Å²) in [5, 5.41) is 0. The summed E-state index contributed by atoms with van der Waals surface area (Å²) in [6.45, 7) is 6.48. The molecule has 0 aromatic rings. The molecule has 6 nitrogen and oxygen atoms in total. The normalized spacial score (nSPS) is 12.5. The third-order valence-electron chi connectivity index (χ3n) is 15.2. The van der Waals surface area contributed by atoms with Crippen LogP contribution in [0, 0.1) is 0 Å². The highest BCUT2D eigenvalue weighted by atomic mass is 16.6. The molecule has 0 radical (unpaired) electrons. The van der Waals surface area contributed by atoms with E-state index in [0.717, 1.165) is 70.6 Å². The summed E-state index contributed by atoms with van der Waals surface area (Å²) >= 11 is 0. The van der Waals surface area contributed by atoms with Crippen LogP contribution in [0.4, 0.5) is 0 Å². The highest BCUT2D eigenvalue weighted by Crippen LogP contribution is 2.18. The van der Waals surface area contributed by atoms with Crippen molar-refractivity contribution in [3.05, 3.63) is 72.9 Å². The van der Waals surface area contributed by atoms with Gasteiger partial charge in [-0.05, 0) is 70.6 Å². The molecule has 1 unspecified atom stereocenters. The van der Waals surface area contributed by atoms with Crippen molar-refractivity contribution in [2.45, 2.75) is 361 Å². The summed E-state index contributed by atoms with van der Waals surface area (Å²) in [7, 11) is 0. The molecule has 0 spiro atoms. The molecule has 6 heteroatoms. The smallest absolute Gasteiger partial charge is 0.309 e. The zero-order valence-corrected chi connectivity index (χ0v) is 52.6. The fourth-order valence-electron chi connectivity index (χ4n) is 10.1. The summed E-state index contributed by atoms with van der Waals surface area (Å²) < 4.78 is 16.8. The topological polar surface area (TPSA) is 78.9 Å². The second kappa shape index (κ2) is 67.4. The molecular formula is C73H130O6. The van der Waals surface area contributed by atoms with Crippen LogP contribution in [0.5, 0.6) is 0 Å². The zero-order chi connectivity index (χ0) is 57.1. The molecule has 0 aromatic heterocycles. The van der Waals surface area contributed by atoms with E-state index in [-0.39, 0.29) is 31.6 Å². The van der Waals surface area contributed by atoms with E-state index in [4.69, 9.17) is 14.2 Å². The Labute approximate surface area is 491 Å². The molecule has 458 valence electrons. The van der Waals surface area contributed by atoms with E-state index in [1.54, 1.807) is 6.08 Å². The molecule has 0 bridgehead atoms. The van der Waals surface area contributed by atoms with E-state index in [9.17, 15) is 14.4 Å². The molecule has 0 amide bonds. The number of rotatable bonds is 63. The Morgan fingerprint density at radius 1 is 0.278 bits per heavy atom. The molecule has 0 saturated carbocycles. The van der Waals surface area contributed by atoms with E-state index < -0.39 is 12.1 Å². The Kier molecular flexibility index (Phi) is 64.7. The van der Waals surface area contributed by atoms with Gasteiger partial charge in [-0.15, -0.1) is 0 Å². The molecule has 0 rings (SSSR count). The molecule has 0 saturated heterocycles. The Hall–Kier alpha value is -3.15. The van der Waals surface area contributed by atoms with Crippen molar-refractivity contribution in [1.82, 2.24) is 0 Å². The Bertz CT molecular complexity index is 1450. The SMILES string of the molecule is CC/C=C\C/C=C\C/C=C\C/C=C\C/C=C\CC(=O)OCC(COC(=O)CCCCCCCCCCCCCCCCCCCCCCCCCCCCCCC)OC(=O)CCCCCCCCC/C=C\CCCCCCCC. The van der Waals surface area contributed by atoms with Gasteiger partial charge in [0.05, 0.1) is 6.42 Å². The van der Waals surface area contributed by atoms with Crippen LogP contribution in [0.3, 0.4) is 0 Å². The molecule has 0 aliphatic carbocycles. The second-order valence-electron chi connectivity index (χ2n) is 23.1. The first-order valence-corrected chi connectivity index (χ1v) is 34.4. The van der Waals surface area contributed by atoms with Crippen molar-refractivity contribution < 1.29 is 28.6 Å². The summed E-state index contributed by atoms with van der Waals surface area (Å²) in [4.78, 5) is 38.3. The maximum absolute atomic E-state index is 12.9. The number of carbonyl (C=O) groups is 3. The third kappa shape index (κ3) is 65.5. The average Bonchev–Trinajstić information content (AvgIpc) is 3.45. The maximum Gasteiger partial charge on any atom is 0.309 e. The van der Waals surface area contributed by atoms with E-state index in [1.807, 2.05) is 6.08 Å². The summed E-state index contributed by atoms with van der Waals surface area (Å²) in [5.41, 5.74) is 0. The zero-order valence-electron chi connectivity index (χ0n) is 52.6. The number of allylic oxidation sites excluding steroid dienone is 11. The summed E-state index contributed by atoms with van der Waals surface area (Å²) in [6, 6.07) is 0. The van der Waals surface area contributed by atoms with Crippen molar-refractivity contribution >= 4 is 17.9 Å². The quantitative estimate of drug-likeness (QED) is 0.0261. The van der Waals surface area contributed by atoms with Crippen LogP contribution in [-0.2, 0) is 28.6 Å². The molecule has 0 heterocycles. The standard InChI is InChI=1S/C73H130O6/c1-4-7-10-13-16-19-22-25-28-30-31-32-33-34-35-36-37-38-39-40-41-43-45-48-51-54-57-60-63-66-72(75)78-69-70(68-77-71(74)65-62-59-56-53-50-47-44-27-24-21-18-15-12-9-6-3)79-73(76)67-64-61-58-55-52-49-46-42-29-26-23-20-17-14-11-8-5-2/h9,12,18,21,26-27,29,44,50,53,59,62,70H,4-8,10-11,13-17,19-20,22-25,28,30-43,45-49,51-52,54-58,60-61,63-69H2,1-3H3/b12-9-,21-18-,29-26-,44-27-,53-50-,62-59-. The molecule has 0 aliphatic heterocycles. The largest absolute Gasteiger partial charge is 0.462 e. The lowest BCUT2D eigenvalue weighted by molar-refractivity contribution is -0.166. The lowest BCUT2D eigenvalue weighted by Crippen LogP contribution is -2.30. The lowest BCUT2D eigenvalue weighted by Gasteiger charge is -2.18. The number of hydrogen-bond donors (Lipinski definition) is 0. The first-order chi connectivity index (χ1) is 39.0. The van der Waals surface area contributed by atoms with Crippen LogP contribution >= 0.6 is 0 Å². The van der Waals surface area contributed by atoms with Crippen molar-refractivity contribution in [2.24, 2.45) is 0 Å². The molecular weight excluding hydrogens is 973 g/mol. The van der Waals surface area contributed by atoms with E-state index in [1.165, 1.54) is 244 Å². The van der Waals surface area contributed by atoms with Gasteiger partial charge < -0.3 is 14.2 Å². The average molecular weight is 1100 g/mol. The number of carbonyl (C=O) groups excluding carboxylic acids is 3. The van der Waals surface area contributed by atoms with Crippen molar-refractivity contribution in [1.29, 1.82) is 0 Å². The van der Waals surface area contributed by atoms with Gasteiger partial charge in [-0.1, -0.05) is 338 Å². The molecule has 0 fully saturated rings. The van der Waals surface area contributed by atoms with Gasteiger partial charge in [0.2, 0.25) is 0 Å². The van der Waals surface area contributed by atoms with Crippen LogP contribution in [0.25, 0.3) is 0 Å². The minimum absolute atomic E-state index is 0.104. The van der Waals surface area contributed by atoms with E-state index >= 15 is 0 Å². The highest BCUT2D eigenvalue weighted by molar-refractivity contribution is 5.72. The Morgan fingerprint density at radius 2 is 0.544 bits per heavy atom. The minimum atomic E-state index is -0.817. The number of hydrogen-bond acceptors (Lipinski definition) is 6. The fraction of sp³-hybridized carbons (Fsp3) is 0.795. The minimum Gasteiger partial charge on any atom is -0.462 e. The van der Waals surface area contributed by atoms with Gasteiger partial charge in [-0.3, -0.25) is 14.4 Å². The lowest BCUT2D eigenvalue weighted by atomic mass is 10.0. The fourth-order valence-corrected chi connectivity index (χ4v) is 10.1. The second-order valence-corrected chi connectivity index (χ2v) is 23.1. The number of unbranched alkanes of at least 4 members (excludes halogenated alkanes) is 41. The first-order valence-electron chi connectivity index (χ1n) is 34.4. The molecule has 0 N–H and O–H groups in total. The van der Waals surface area contributed by atoms with E-state index in [2.05, 4.69) is 81.5 Å². The predicted octanol–water partition coefficient (Wildman–Crippen LogP) is 23.7. The van der Waals surface area contributed by atoms with Gasteiger partial charge in [0.1, 0.15) is 13.2 Å². The third-order valence-corrected chi connectivity index (χ3v) is 15.2. The van der Waals surface area contributed by atoms with Gasteiger partial charge in [0.15, 0.2) is 6.10 Å².